The number of amides is 1. The Morgan fingerprint density at radius 3 is 2.92 bits per heavy atom. The van der Waals surface area contributed by atoms with Crippen LogP contribution in [0.2, 0.25) is 0 Å². The maximum Gasteiger partial charge on any atom is 0.393 e. The predicted octanol–water partition coefficient (Wildman–Crippen LogP) is 2.57. The van der Waals surface area contributed by atoms with E-state index in [0.29, 0.717) is 16.6 Å². The van der Waals surface area contributed by atoms with E-state index in [1.54, 1.807) is 0 Å². The number of carbonyl (C=O) groups is 1. The quantitative estimate of drug-likeness (QED) is 0.828. The Balaban J connectivity index is 1.77. The third kappa shape index (κ3) is 3.17. The van der Waals surface area contributed by atoms with Gasteiger partial charge in [0.1, 0.15) is 11.2 Å². The highest BCUT2D eigenvalue weighted by molar-refractivity contribution is 7.17. The van der Waals surface area contributed by atoms with E-state index in [9.17, 15) is 22.8 Å². The molecule has 0 unspecified atom stereocenters. The van der Waals surface area contributed by atoms with Crippen LogP contribution in [0.25, 0.3) is 10.2 Å². The van der Waals surface area contributed by atoms with Gasteiger partial charge in [-0.15, -0.1) is 11.3 Å². The molecule has 9 heteroatoms. The second-order valence-corrected chi connectivity index (χ2v) is 6.87. The summed E-state index contributed by atoms with van der Waals surface area (Å²) in [5.41, 5.74) is 1.15. The Morgan fingerprint density at radius 1 is 1.46 bits per heavy atom. The minimum Gasteiger partial charge on any atom is -0.341 e. The van der Waals surface area contributed by atoms with Gasteiger partial charge >= 0.3 is 6.18 Å². The van der Waals surface area contributed by atoms with Crippen molar-refractivity contribution in [1.82, 2.24) is 14.5 Å². The van der Waals surface area contributed by atoms with Gasteiger partial charge in [-0.25, -0.2) is 4.98 Å². The molecule has 1 atom stereocenters. The zero-order chi connectivity index (χ0) is 17.5. The fourth-order valence-corrected chi connectivity index (χ4v) is 3.84. The van der Waals surface area contributed by atoms with E-state index in [1.165, 1.54) is 22.6 Å². The molecule has 24 heavy (non-hydrogen) atoms. The van der Waals surface area contributed by atoms with E-state index in [0.717, 1.165) is 10.1 Å². The molecule has 0 aliphatic carbocycles. The van der Waals surface area contributed by atoms with Crippen LogP contribution >= 0.6 is 11.3 Å². The molecule has 1 amide bonds. The van der Waals surface area contributed by atoms with Crippen molar-refractivity contribution in [2.45, 2.75) is 32.5 Å². The number of piperidine rings is 1. The minimum absolute atomic E-state index is 0.0369. The van der Waals surface area contributed by atoms with E-state index in [-0.39, 0.29) is 31.6 Å². The summed E-state index contributed by atoms with van der Waals surface area (Å²) in [6, 6.07) is 0. The number of likely N-dealkylation sites (tertiary alicyclic amines) is 1. The second-order valence-electron chi connectivity index (χ2n) is 5.99. The molecule has 3 heterocycles. The highest BCUT2D eigenvalue weighted by atomic mass is 32.1. The SMILES string of the molecule is Cc1csc2c(=O)n(CC(=O)N3CCC[C@@H](C(F)(F)F)C3)cnc12. The molecule has 3 rings (SSSR count). The number of hydrogen-bond donors (Lipinski definition) is 0. The Hall–Kier alpha value is -1.90. The number of thiophene rings is 1. The van der Waals surface area contributed by atoms with Crippen LogP contribution < -0.4 is 5.56 Å². The van der Waals surface area contributed by atoms with E-state index < -0.39 is 18.0 Å². The van der Waals surface area contributed by atoms with E-state index in [2.05, 4.69) is 4.98 Å². The molecule has 5 nitrogen and oxygen atoms in total. The Morgan fingerprint density at radius 2 is 2.21 bits per heavy atom. The van der Waals surface area contributed by atoms with Crippen molar-refractivity contribution in [2.75, 3.05) is 13.1 Å². The smallest absolute Gasteiger partial charge is 0.341 e. The van der Waals surface area contributed by atoms with Gasteiger partial charge in [-0.05, 0) is 30.7 Å². The lowest BCUT2D eigenvalue weighted by Crippen LogP contribution is -2.46. The van der Waals surface area contributed by atoms with E-state index in [4.69, 9.17) is 0 Å². The molecule has 2 aromatic rings. The molecule has 1 fully saturated rings. The molecule has 0 bridgehead atoms. The summed E-state index contributed by atoms with van der Waals surface area (Å²) in [6.07, 6.45) is -2.67. The summed E-state index contributed by atoms with van der Waals surface area (Å²) in [5.74, 6) is -1.98. The van der Waals surface area contributed by atoms with Crippen LogP contribution in [0.4, 0.5) is 13.2 Å². The van der Waals surface area contributed by atoms with Crippen LogP contribution in [-0.2, 0) is 11.3 Å². The van der Waals surface area contributed by atoms with Crippen molar-refractivity contribution in [2.24, 2.45) is 5.92 Å². The van der Waals surface area contributed by atoms with Gasteiger partial charge < -0.3 is 4.90 Å². The van der Waals surface area contributed by atoms with Crippen LogP contribution in [0.5, 0.6) is 0 Å². The molecule has 130 valence electrons. The first-order valence-corrected chi connectivity index (χ1v) is 8.43. The molecular formula is C15H16F3N3O2S. The highest BCUT2D eigenvalue weighted by Crippen LogP contribution is 2.33. The van der Waals surface area contributed by atoms with Crippen LogP contribution in [-0.4, -0.2) is 39.6 Å². The molecular weight excluding hydrogens is 343 g/mol. The first-order valence-electron chi connectivity index (χ1n) is 7.55. The summed E-state index contributed by atoms with van der Waals surface area (Å²) >= 11 is 1.25. The van der Waals surface area contributed by atoms with Gasteiger partial charge in [0.2, 0.25) is 5.91 Å². The van der Waals surface area contributed by atoms with Gasteiger partial charge in [-0.3, -0.25) is 14.2 Å². The third-order valence-corrected chi connectivity index (χ3v) is 5.34. The van der Waals surface area contributed by atoms with Crippen molar-refractivity contribution in [3.05, 3.63) is 27.6 Å². The maximum absolute atomic E-state index is 12.8. The fourth-order valence-electron chi connectivity index (χ4n) is 2.89. The number of hydrogen-bond acceptors (Lipinski definition) is 4. The summed E-state index contributed by atoms with van der Waals surface area (Å²) in [6.45, 7) is 1.49. The summed E-state index contributed by atoms with van der Waals surface area (Å²) in [7, 11) is 0. The minimum atomic E-state index is -4.30. The van der Waals surface area contributed by atoms with Crippen LogP contribution in [0.3, 0.4) is 0 Å². The number of halogens is 3. The van der Waals surface area contributed by atoms with Gasteiger partial charge in [0.15, 0.2) is 0 Å². The second kappa shape index (κ2) is 6.19. The normalized spacial score (nSPS) is 19.0. The molecule has 0 N–H and O–H groups in total. The lowest BCUT2D eigenvalue weighted by atomic mass is 9.97. The van der Waals surface area contributed by atoms with Crippen molar-refractivity contribution < 1.29 is 18.0 Å². The average molecular weight is 359 g/mol. The van der Waals surface area contributed by atoms with Gasteiger partial charge in [-0.1, -0.05) is 0 Å². The van der Waals surface area contributed by atoms with Crippen molar-refractivity contribution in [3.63, 3.8) is 0 Å². The Kier molecular flexibility index (Phi) is 4.37. The fraction of sp³-hybridized carbons (Fsp3) is 0.533. The van der Waals surface area contributed by atoms with Gasteiger partial charge in [0.05, 0.1) is 17.8 Å². The third-order valence-electron chi connectivity index (χ3n) is 4.27. The lowest BCUT2D eigenvalue weighted by molar-refractivity contribution is -0.188. The van der Waals surface area contributed by atoms with Crippen LogP contribution in [0.1, 0.15) is 18.4 Å². The van der Waals surface area contributed by atoms with Gasteiger partial charge in [-0.2, -0.15) is 13.2 Å². The largest absolute Gasteiger partial charge is 0.393 e. The summed E-state index contributed by atoms with van der Waals surface area (Å²) in [5, 5.41) is 1.81. The molecule has 1 aliphatic heterocycles. The van der Waals surface area contributed by atoms with Gasteiger partial charge in [0.25, 0.3) is 5.56 Å². The van der Waals surface area contributed by atoms with Crippen molar-refractivity contribution in [1.29, 1.82) is 0 Å². The maximum atomic E-state index is 12.8. The number of fused-ring (bicyclic) bond motifs is 1. The average Bonchev–Trinajstić information content (AvgIpc) is 2.91. The number of aryl methyl sites for hydroxylation is 1. The standard InChI is InChI=1S/C15H16F3N3O2S/c1-9-7-24-13-12(9)19-8-21(14(13)23)6-11(22)20-4-2-3-10(5-20)15(16,17)18/h7-8,10H,2-6H2,1H3/t10-/m1/s1. The number of nitrogens with zero attached hydrogens (tertiary/aromatic N) is 3. The molecule has 1 saturated heterocycles. The summed E-state index contributed by atoms with van der Waals surface area (Å²) < 4.78 is 40.2. The molecule has 0 spiro atoms. The monoisotopic (exact) mass is 359 g/mol. The molecule has 2 aromatic heterocycles. The zero-order valence-electron chi connectivity index (χ0n) is 13.0. The topological polar surface area (TPSA) is 55.2 Å². The number of carbonyl (C=O) groups excluding carboxylic acids is 1. The van der Waals surface area contributed by atoms with Crippen LogP contribution in [0.15, 0.2) is 16.5 Å². The highest BCUT2D eigenvalue weighted by Gasteiger charge is 2.42. The lowest BCUT2D eigenvalue weighted by Gasteiger charge is -2.33. The first kappa shape index (κ1) is 16.9. The zero-order valence-corrected chi connectivity index (χ0v) is 13.8. The van der Waals surface area contributed by atoms with Crippen molar-refractivity contribution in [3.8, 4) is 0 Å². The Labute approximate surface area is 139 Å². The molecule has 0 saturated carbocycles. The Bertz CT molecular complexity index is 827. The number of rotatable bonds is 2. The van der Waals surface area contributed by atoms with E-state index in [1.807, 2.05) is 12.3 Å². The van der Waals surface area contributed by atoms with Crippen LogP contribution in [0, 0.1) is 12.8 Å². The van der Waals surface area contributed by atoms with Crippen molar-refractivity contribution >= 4 is 27.5 Å². The van der Waals surface area contributed by atoms with Gasteiger partial charge in [0, 0.05) is 13.1 Å². The molecule has 1 aliphatic rings. The first-order chi connectivity index (χ1) is 11.3. The number of aromatic nitrogens is 2. The number of alkyl halides is 3. The molecule has 0 radical (unpaired) electrons. The predicted molar refractivity (Wildman–Crippen MR) is 84.0 cm³/mol. The molecule has 0 aromatic carbocycles. The van der Waals surface area contributed by atoms with E-state index >= 15 is 0 Å². The summed E-state index contributed by atoms with van der Waals surface area (Å²) in [4.78, 5) is 30.0.